The van der Waals surface area contributed by atoms with Gasteiger partial charge in [0, 0.05) is 18.7 Å². The van der Waals surface area contributed by atoms with Crippen molar-refractivity contribution in [2.75, 3.05) is 39.6 Å². The maximum atomic E-state index is 6.04. The second-order valence-electron chi connectivity index (χ2n) is 4.54. The van der Waals surface area contributed by atoms with Crippen LogP contribution in [-0.4, -0.2) is 39.4 Å². The topological polar surface area (TPSA) is 37.7 Å². The van der Waals surface area contributed by atoms with Gasteiger partial charge >= 0.3 is 0 Å². The quantitative estimate of drug-likeness (QED) is 0.545. The molecule has 0 heterocycles. The molecule has 0 saturated heterocycles. The molecule has 0 atom stereocenters. The Morgan fingerprint density at radius 3 is 2.74 bits per heavy atom. The standard InChI is InChI=1S/C13H20ClN3OS/c1-17(2)8-4-7-15-13(19)16-10-5-6-12(18-3)11(14)9-10/h5-6,9H,4,7-8H2,1-3H3,(H2,15,16,19)/p+1. The van der Waals surface area contributed by atoms with E-state index in [9.17, 15) is 0 Å². The summed E-state index contributed by atoms with van der Waals surface area (Å²) in [6.45, 7) is 1.98. The van der Waals surface area contributed by atoms with Crippen molar-refractivity contribution in [2.24, 2.45) is 0 Å². The molecular formula is C13H21ClN3OS+. The molecule has 4 nitrogen and oxygen atoms in total. The van der Waals surface area contributed by atoms with E-state index < -0.39 is 0 Å². The molecule has 0 unspecified atom stereocenters. The summed E-state index contributed by atoms with van der Waals surface area (Å²) >= 11 is 11.3. The summed E-state index contributed by atoms with van der Waals surface area (Å²) in [7, 11) is 5.86. The zero-order chi connectivity index (χ0) is 14.3. The Hall–Kier alpha value is -1.04. The third kappa shape index (κ3) is 6.09. The largest absolute Gasteiger partial charge is 0.495 e. The van der Waals surface area contributed by atoms with Crippen LogP contribution >= 0.6 is 23.8 Å². The van der Waals surface area contributed by atoms with Gasteiger partial charge in [-0.3, -0.25) is 0 Å². The second kappa shape index (κ2) is 8.19. The van der Waals surface area contributed by atoms with Gasteiger partial charge in [0.15, 0.2) is 5.11 Å². The molecule has 0 saturated carbocycles. The SMILES string of the molecule is COc1ccc(NC(=S)NCCC[NH+](C)C)cc1Cl. The van der Waals surface area contributed by atoms with Gasteiger partial charge in [-0.1, -0.05) is 11.6 Å². The molecule has 1 rings (SSSR count). The third-order valence-corrected chi connectivity index (χ3v) is 3.09. The first-order valence-corrected chi connectivity index (χ1v) is 6.99. The van der Waals surface area contributed by atoms with E-state index in [1.54, 1.807) is 13.2 Å². The van der Waals surface area contributed by atoms with Gasteiger partial charge in [0.1, 0.15) is 5.75 Å². The van der Waals surface area contributed by atoms with E-state index in [0.29, 0.717) is 15.9 Å². The fourth-order valence-electron chi connectivity index (χ4n) is 1.56. The number of rotatable bonds is 6. The lowest BCUT2D eigenvalue weighted by molar-refractivity contribution is -0.858. The van der Waals surface area contributed by atoms with Crippen LogP contribution in [0.2, 0.25) is 5.02 Å². The van der Waals surface area contributed by atoms with E-state index in [0.717, 1.165) is 25.2 Å². The number of quaternary nitrogens is 1. The lowest BCUT2D eigenvalue weighted by Crippen LogP contribution is -3.05. The van der Waals surface area contributed by atoms with Crippen molar-refractivity contribution >= 4 is 34.6 Å². The van der Waals surface area contributed by atoms with Crippen LogP contribution in [0.15, 0.2) is 18.2 Å². The van der Waals surface area contributed by atoms with Crippen LogP contribution in [0.1, 0.15) is 6.42 Å². The van der Waals surface area contributed by atoms with E-state index in [2.05, 4.69) is 24.7 Å². The van der Waals surface area contributed by atoms with Crippen molar-refractivity contribution in [1.82, 2.24) is 5.32 Å². The minimum absolute atomic E-state index is 0.562. The average Bonchev–Trinajstić information content (AvgIpc) is 2.35. The van der Waals surface area contributed by atoms with Crippen LogP contribution in [0, 0.1) is 0 Å². The van der Waals surface area contributed by atoms with Gasteiger partial charge in [0.25, 0.3) is 0 Å². The summed E-state index contributed by atoms with van der Waals surface area (Å²) in [6, 6.07) is 5.48. The molecule has 0 aliphatic rings. The fourth-order valence-corrected chi connectivity index (χ4v) is 2.04. The number of anilines is 1. The molecule has 1 aromatic rings. The summed E-state index contributed by atoms with van der Waals surface area (Å²) in [4.78, 5) is 1.43. The van der Waals surface area contributed by atoms with Crippen molar-refractivity contribution in [2.45, 2.75) is 6.42 Å². The van der Waals surface area contributed by atoms with Crippen molar-refractivity contribution in [3.8, 4) is 5.75 Å². The number of halogens is 1. The van der Waals surface area contributed by atoms with E-state index in [-0.39, 0.29) is 0 Å². The minimum Gasteiger partial charge on any atom is -0.495 e. The first kappa shape index (κ1) is 16.0. The van der Waals surface area contributed by atoms with Crippen LogP contribution in [0.4, 0.5) is 5.69 Å². The minimum atomic E-state index is 0.562. The van der Waals surface area contributed by atoms with Gasteiger partial charge < -0.3 is 20.3 Å². The van der Waals surface area contributed by atoms with E-state index in [1.165, 1.54) is 4.90 Å². The van der Waals surface area contributed by atoms with Crippen molar-refractivity contribution in [1.29, 1.82) is 0 Å². The van der Waals surface area contributed by atoms with Crippen molar-refractivity contribution < 1.29 is 9.64 Å². The molecule has 19 heavy (non-hydrogen) atoms. The molecule has 0 fully saturated rings. The molecule has 0 radical (unpaired) electrons. The number of hydrogen-bond acceptors (Lipinski definition) is 2. The summed E-state index contributed by atoms with van der Waals surface area (Å²) in [6.07, 6.45) is 1.08. The Balaban J connectivity index is 2.38. The molecule has 0 bridgehead atoms. The number of benzene rings is 1. The Labute approximate surface area is 125 Å². The number of methoxy groups -OCH3 is 1. The van der Waals surface area contributed by atoms with Gasteiger partial charge in [0.2, 0.25) is 0 Å². The maximum Gasteiger partial charge on any atom is 0.170 e. The Bertz CT molecular complexity index is 426. The van der Waals surface area contributed by atoms with Crippen LogP contribution in [0.3, 0.4) is 0 Å². The van der Waals surface area contributed by atoms with Crippen LogP contribution in [-0.2, 0) is 0 Å². The highest BCUT2D eigenvalue weighted by molar-refractivity contribution is 7.80. The highest BCUT2D eigenvalue weighted by Gasteiger charge is 2.03. The summed E-state index contributed by atoms with van der Waals surface area (Å²) in [5.41, 5.74) is 0.849. The highest BCUT2D eigenvalue weighted by Crippen LogP contribution is 2.27. The Morgan fingerprint density at radius 2 is 2.16 bits per heavy atom. The van der Waals surface area contributed by atoms with Gasteiger partial charge in [-0.25, -0.2) is 0 Å². The van der Waals surface area contributed by atoms with E-state index in [1.807, 2.05) is 12.1 Å². The first-order valence-electron chi connectivity index (χ1n) is 6.20. The van der Waals surface area contributed by atoms with E-state index in [4.69, 9.17) is 28.6 Å². The van der Waals surface area contributed by atoms with Crippen LogP contribution in [0.5, 0.6) is 5.75 Å². The zero-order valence-electron chi connectivity index (χ0n) is 11.5. The van der Waals surface area contributed by atoms with Gasteiger partial charge in [0.05, 0.1) is 32.8 Å². The molecule has 0 amide bonds. The average molecular weight is 303 g/mol. The predicted octanol–water partition coefficient (Wildman–Crippen LogP) is 1.17. The molecule has 106 valence electrons. The fraction of sp³-hybridized carbons (Fsp3) is 0.462. The predicted molar refractivity (Wildman–Crippen MR) is 84.5 cm³/mol. The molecular weight excluding hydrogens is 282 g/mol. The smallest absolute Gasteiger partial charge is 0.170 e. The summed E-state index contributed by atoms with van der Waals surface area (Å²) < 4.78 is 5.10. The van der Waals surface area contributed by atoms with Crippen LogP contribution in [0.25, 0.3) is 0 Å². The lowest BCUT2D eigenvalue weighted by atomic mass is 10.3. The molecule has 6 heteroatoms. The van der Waals surface area contributed by atoms with Gasteiger partial charge in [-0.2, -0.15) is 0 Å². The molecule has 3 N–H and O–H groups in total. The monoisotopic (exact) mass is 302 g/mol. The van der Waals surface area contributed by atoms with Crippen molar-refractivity contribution in [3.05, 3.63) is 23.2 Å². The molecule has 0 spiro atoms. The van der Waals surface area contributed by atoms with E-state index >= 15 is 0 Å². The molecule has 0 aliphatic carbocycles. The molecule has 1 aromatic carbocycles. The maximum absolute atomic E-state index is 6.04. The Morgan fingerprint density at radius 1 is 1.42 bits per heavy atom. The van der Waals surface area contributed by atoms with Gasteiger partial charge in [-0.15, -0.1) is 0 Å². The normalized spacial score (nSPS) is 10.4. The molecule has 0 aromatic heterocycles. The van der Waals surface area contributed by atoms with Gasteiger partial charge in [-0.05, 0) is 30.4 Å². The zero-order valence-corrected chi connectivity index (χ0v) is 13.1. The first-order chi connectivity index (χ1) is 9.02. The summed E-state index contributed by atoms with van der Waals surface area (Å²) in [5, 5.41) is 7.43. The lowest BCUT2D eigenvalue weighted by Gasteiger charge is -2.12. The molecule has 0 aliphatic heterocycles. The van der Waals surface area contributed by atoms with Crippen LogP contribution < -0.4 is 20.3 Å². The Kier molecular flexibility index (Phi) is 6.91. The highest BCUT2D eigenvalue weighted by atomic mass is 35.5. The number of nitrogens with one attached hydrogen (secondary N) is 3. The number of thiocarbonyl (C=S) groups is 1. The van der Waals surface area contributed by atoms with Crippen molar-refractivity contribution in [3.63, 3.8) is 0 Å². The second-order valence-corrected chi connectivity index (χ2v) is 5.36. The number of hydrogen-bond donors (Lipinski definition) is 3. The number of ether oxygens (including phenoxy) is 1. The third-order valence-electron chi connectivity index (χ3n) is 2.55. The summed E-state index contributed by atoms with van der Waals surface area (Å²) in [5.74, 6) is 0.653.